The number of aryl methyl sites for hydroxylation is 1. The Morgan fingerprint density at radius 1 is 1.11 bits per heavy atom. The fraction of sp³-hybridized carbons (Fsp3) is 0.192. The Labute approximate surface area is 202 Å². The Morgan fingerprint density at radius 3 is 2.77 bits per heavy atom. The van der Waals surface area contributed by atoms with Crippen LogP contribution in [0.3, 0.4) is 0 Å². The minimum atomic E-state index is -0.268. The molecule has 9 heteroatoms. The van der Waals surface area contributed by atoms with E-state index in [1.54, 1.807) is 25.4 Å². The van der Waals surface area contributed by atoms with E-state index in [2.05, 4.69) is 26.8 Å². The van der Waals surface area contributed by atoms with Crippen molar-refractivity contribution in [2.24, 2.45) is 7.05 Å². The van der Waals surface area contributed by atoms with Crippen molar-refractivity contribution in [1.82, 2.24) is 20.1 Å². The van der Waals surface area contributed by atoms with Crippen LogP contribution in [0.25, 0.3) is 11.1 Å². The van der Waals surface area contributed by atoms with E-state index in [0.717, 1.165) is 39.6 Å². The van der Waals surface area contributed by atoms with Gasteiger partial charge in [-0.05, 0) is 42.8 Å². The predicted octanol–water partition coefficient (Wildman–Crippen LogP) is 4.28. The van der Waals surface area contributed by atoms with E-state index in [4.69, 9.17) is 14.2 Å². The normalized spacial score (nSPS) is 11.9. The number of nitrogens with zero attached hydrogens (tertiary/aromatic N) is 3. The van der Waals surface area contributed by atoms with Crippen LogP contribution in [0.5, 0.6) is 23.0 Å². The third-order valence-electron chi connectivity index (χ3n) is 5.82. The third kappa shape index (κ3) is 4.61. The molecule has 2 aromatic heterocycles. The molecule has 178 valence electrons. The summed E-state index contributed by atoms with van der Waals surface area (Å²) in [6, 6.07) is 15.0. The van der Waals surface area contributed by atoms with Gasteiger partial charge in [0.15, 0.2) is 11.5 Å². The van der Waals surface area contributed by atoms with Crippen LogP contribution >= 0.6 is 0 Å². The molecule has 0 fully saturated rings. The number of hydrogen-bond acceptors (Lipinski definition) is 7. The quantitative estimate of drug-likeness (QED) is 0.415. The molecule has 0 spiro atoms. The average Bonchev–Trinajstić information content (AvgIpc) is 3.48. The zero-order valence-corrected chi connectivity index (χ0v) is 19.7. The summed E-state index contributed by atoms with van der Waals surface area (Å²) in [7, 11) is 3.48. The number of amides is 1. The maximum atomic E-state index is 11.8. The highest BCUT2D eigenvalue weighted by Gasteiger charge is 2.22. The molecule has 1 aliphatic heterocycles. The first kappa shape index (κ1) is 22.3. The summed E-state index contributed by atoms with van der Waals surface area (Å²) in [5.41, 5.74) is 5.25. The molecule has 0 aliphatic carbocycles. The van der Waals surface area contributed by atoms with Gasteiger partial charge in [0.2, 0.25) is 6.79 Å². The van der Waals surface area contributed by atoms with Crippen LogP contribution in [0.2, 0.25) is 0 Å². The summed E-state index contributed by atoms with van der Waals surface area (Å²) < 4.78 is 19.2. The fourth-order valence-corrected chi connectivity index (χ4v) is 3.87. The van der Waals surface area contributed by atoms with Crippen molar-refractivity contribution < 1.29 is 19.0 Å². The first-order valence-electron chi connectivity index (χ1n) is 11.1. The van der Waals surface area contributed by atoms with E-state index < -0.39 is 0 Å². The highest BCUT2D eigenvalue weighted by Crippen LogP contribution is 2.43. The summed E-state index contributed by atoms with van der Waals surface area (Å²) >= 11 is 0. The highest BCUT2D eigenvalue weighted by atomic mass is 16.7. The van der Waals surface area contributed by atoms with E-state index in [-0.39, 0.29) is 12.7 Å². The summed E-state index contributed by atoms with van der Waals surface area (Å²) in [6.45, 7) is 2.80. The van der Waals surface area contributed by atoms with Crippen molar-refractivity contribution in [2.45, 2.75) is 13.5 Å². The molecule has 0 unspecified atom stereocenters. The maximum absolute atomic E-state index is 11.8. The van der Waals surface area contributed by atoms with E-state index in [1.165, 1.54) is 0 Å². The van der Waals surface area contributed by atoms with Crippen LogP contribution in [-0.2, 0) is 13.6 Å². The second-order valence-corrected chi connectivity index (χ2v) is 8.08. The number of rotatable bonds is 7. The Kier molecular flexibility index (Phi) is 5.97. The van der Waals surface area contributed by atoms with Gasteiger partial charge >= 0.3 is 0 Å². The molecule has 1 amide bonds. The van der Waals surface area contributed by atoms with Crippen molar-refractivity contribution >= 4 is 11.6 Å². The van der Waals surface area contributed by atoms with Crippen molar-refractivity contribution in [3.8, 4) is 34.1 Å². The van der Waals surface area contributed by atoms with Gasteiger partial charge < -0.3 is 24.8 Å². The number of fused-ring (bicyclic) bond motifs is 1. The molecule has 0 atom stereocenters. The first-order chi connectivity index (χ1) is 17.0. The summed E-state index contributed by atoms with van der Waals surface area (Å²) in [6.07, 6.45) is 3.39. The largest absolute Gasteiger partial charge is 0.457 e. The van der Waals surface area contributed by atoms with Crippen LogP contribution in [0, 0.1) is 6.92 Å². The van der Waals surface area contributed by atoms with Gasteiger partial charge in [0.1, 0.15) is 17.2 Å². The molecule has 0 saturated carbocycles. The zero-order valence-electron chi connectivity index (χ0n) is 19.7. The Balaban J connectivity index is 1.34. The molecule has 35 heavy (non-hydrogen) atoms. The predicted molar refractivity (Wildman–Crippen MR) is 131 cm³/mol. The van der Waals surface area contributed by atoms with Crippen LogP contribution in [0.4, 0.5) is 5.69 Å². The van der Waals surface area contributed by atoms with Gasteiger partial charge in [-0.15, -0.1) is 0 Å². The third-order valence-corrected chi connectivity index (χ3v) is 5.82. The molecule has 4 aromatic rings. The topological polar surface area (TPSA) is 99.5 Å². The number of aromatic nitrogens is 3. The van der Waals surface area contributed by atoms with Crippen LogP contribution in [-0.4, -0.2) is 34.5 Å². The standard InChI is InChI=1S/C26H25N5O4/c1-16-22(14-30-31(16)3)21-9-17(10-24-25(21)34-15-33-24)13-29-18-5-4-6-19(11-18)35-20-7-8-28-23(12-20)26(32)27-2/h4-12,14,29H,13,15H2,1-3H3,(H,27,32). The average molecular weight is 472 g/mol. The molecule has 3 heterocycles. The number of carbonyl (C=O) groups excluding carboxylic acids is 1. The van der Waals surface area contributed by atoms with Gasteiger partial charge in [-0.2, -0.15) is 5.10 Å². The van der Waals surface area contributed by atoms with Gasteiger partial charge in [-0.3, -0.25) is 14.5 Å². The van der Waals surface area contributed by atoms with Gasteiger partial charge in [-0.1, -0.05) is 6.07 Å². The number of ether oxygens (including phenoxy) is 3. The maximum Gasteiger partial charge on any atom is 0.269 e. The lowest BCUT2D eigenvalue weighted by atomic mass is 10.0. The molecule has 5 rings (SSSR count). The minimum Gasteiger partial charge on any atom is -0.457 e. The van der Waals surface area contributed by atoms with Crippen LogP contribution in [0.1, 0.15) is 21.7 Å². The summed E-state index contributed by atoms with van der Waals surface area (Å²) in [5.74, 6) is 2.37. The molecule has 0 bridgehead atoms. The lowest BCUT2D eigenvalue weighted by Gasteiger charge is -2.12. The number of carbonyl (C=O) groups is 1. The van der Waals surface area contributed by atoms with E-state index >= 15 is 0 Å². The molecular formula is C26H25N5O4. The van der Waals surface area contributed by atoms with Crippen LogP contribution < -0.4 is 24.8 Å². The van der Waals surface area contributed by atoms with Crippen molar-refractivity contribution in [3.63, 3.8) is 0 Å². The van der Waals surface area contributed by atoms with Crippen molar-refractivity contribution in [3.05, 3.63) is 77.9 Å². The molecule has 1 aliphatic rings. The lowest BCUT2D eigenvalue weighted by molar-refractivity contribution is 0.0958. The highest BCUT2D eigenvalue weighted by molar-refractivity contribution is 5.92. The smallest absolute Gasteiger partial charge is 0.269 e. The Hall–Kier alpha value is -4.53. The van der Waals surface area contributed by atoms with Gasteiger partial charge in [0.25, 0.3) is 5.91 Å². The zero-order chi connectivity index (χ0) is 24.4. The van der Waals surface area contributed by atoms with E-state index in [1.807, 2.05) is 55.2 Å². The number of anilines is 1. The second-order valence-electron chi connectivity index (χ2n) is 8.08. The van der Waals surface area contributed by atoms with Crippen molar-refractivity contribution in [2.75, 3.05) is 19.2 Å². The second kappa shape index (κ2) is 9.38. The first-order valence-corrected chi connectivity index (χ1v) is 11.1. The molecule has 2 aromatic carbocycles. The number of pyridine rings is 1. The minimum absolute atomic E-state index is 0.203. The van der Waals surface area contributed by atoms with Gasteiger partial charge in [0, 0.05) is 61.5 Å². The molecular weight excluding hydrogens is 446 g/mol. The SMILES string of the molecule is CNC(=O)c1cc(Oc2cccc(NCc3cc4c(c(-c5cnn(C)c5C)c3)OCO4)c2)ccn1. The number of hydrogen-bond donors (Lipinski definition) is 2. The van der Waals surface area contributed by atoms with Gasteiger partial charge in [0.05, 0.1) is 6.20 Å². The van der Waals surface area contributed by atoms with E-state index in [9.17, 15) is 4.79 Å². The molecule has 9 nitrogen and oxygen atoms in total. The molecule has 0 radical (unpaired) electrons. The Bertz CT molecular complexity index is 1400. The van der Waals surface area contributed by atoms with E-state index in [0.29, 0.717) is 23.7 Å². The fourth-order valence-electron chi connectivity index (χ4n) is 3.87. The monoisotopic (exact) mass is 471 g/mol. The molecule has 0 saturated heterocycles. The number of benzene rings is 2. The van der Waals surface area contributed by atoms with Crippen molar-refractivity contribution in [1.29, 1.82) is 0 Å². The summed E-state index contributed by atoms with van der Waals surface area (Å²) in [5, 5.41) is 10.4. The lowest BCUT2D eigenvalue weighted by Crippen LogP contribution is -2.18. The Morgan fingerprint density at radius 2 is 1.97 bits per heavy atom. The molecule has 2 N–H and O–H groups in total. The number of nitrogens with one attached hydrogen (secondary N) is 2. The van der Waals surface area contributed by atoms with Gasteiger partial charge in [-0.25, -0.2) is 0 Å². The van der Waals surface area contributed by atoms with Crippen LogP contribution in [0.15, 0.2) is 60.9 Å². The summed E-state index contributed by atoms with van der Waals surface area (Å²) in [4.78, 5) is 15.9.